The minimum Gasteiger partial charge on any atom is -0.493 e. The summed E-state index contributed by atoms with van der Waals surface area (Å²) in [6.07, 6.45) is 4.76. The number of carbonyl (C=O) groups excluding carboxylic acids is 2. The third kappa shape index (κ3) is 6.79. The first-order valence-electron chi connectivity index (χ1n) is 13.5. The maximum absolute atomic E-state index is 12.3. The predicted molar refractivity (Wildman–Crippen MR) is 153 cm³/mol. The molecule has 1 atom stereocenters. The van der Waals surface area contributed by atoms with Crippen LogP contribution in [0.4, 0.5) is 0 Å². The number of ether oxygens (including phenoxy) is 6. The zero-order valence-corrected chi connectivity index (χ0v) is 24.6. The second-order valence-corrected chi connectivity index (χ2v) is 9.86. The van der Waals surface area contributed by atoms with E-state index in [0.717, 1.165) is 46.6 Å². The first-order valence-corrected chi connectivity index (χ1v) is 13.5. The van der Waals surface area contributed by atoms with Gasteiger partial charge in [-0.05, 0) is 94.8 Å². The first-order chi connectivity index (χ1) is 19.1. The lowest BCUT2D eigenvalue weighted by Crippen LogP contribution is -2.42. The summed E-state index contributed by atoms with van der Waals surface area (Å²) in [4.78, 5) is 24.7. The maximum atomic E-state index is 12.3. The smallest absolute Gasteiger partial charge is 0.345 e. The van der Waals surface area contributed by atoms with E-state index < -0.39 is 17.5 Å². The van der Waals surface area contributed by atoms with Crippen molar-refractivity contribution in [3.05, 3.63) is 64.2 Å². The van der Waals surface area contributed by atoms with Crippen LogP contribution >= 0.6 is 0 Å². The Balaban J connectivity index is 1.82. The molecular formula is C32H40O8. The standard InChI is InChI=1S/C32H40O8/c1-9-16-38-28-20(4)21(5)29-24(22(28)6)14-15-32(7,40-29)19-39-26-13-12-23(18-27(26)35-8)17-25(30(33)36-10-2)31(34)37-11-3/h9,12-13,17-18H,1,10-11,14-16,19H2,2-8H3. The molecule has 0 spiro atoms. The van der Waals surface area contributed by atoms with Crippen molar-refractivity contribution in [1.29, 1.82) is 0 Å². The van der Waals surface area contributed by atoms with Gasteiger partial charge < -0.3 is 28.4 Å². The van der Waals surface area contributed by atoms with Gasteiger partial charge in [0, 0.05) is 5.56 Å². The molecule has 0 aliphatic carbocycles. The summed E-state index contributed by atoms with van der Waals surface area (Å²) in [6.45, 7) is 16.3. The fourth-order valence-corrected chi connectivity index (χ4v) is 4.65. The molecule has 0 amide bonds. The van der Waals surface area contributed by atoms with Gasteiger partial charge in [0.05, 0.1) is 20.3 Å². The highest BCUT2D eigenvalue weighted by molar-refractivity contribution is 6.17. The van der Waals surface area contributed by atoms with Crippen LogP contribution in [0.2, 0.25) is 0 Å². The maximum Gasteiger partial charge on any atom is 0.345 e. The molecule has 1 aliphatic heterocycles. The van der Waals surface area contributed by atoms with Crippen molar-refractivity contribution in [3.8, 4) is 23.0 Å². The second kappa shape index (κ2) is 13.4. The zero-order valence-electron chi connectivity index (χ0n) is 24.6. The Bertz CT molecular complexity index is 1270. The van der Waals surface area contributed by atoms with Gasteiger partial charge >= 0.3 is 11.9 Å². The molecule has 2 aromatic carbocycles. The summed E-state index contributed by atoms with van der Waals surface area (Å²) < 4.78 is 34.4. The highest BCUT2D eigenvalue weighted by Crippen LogP contribution is 2.44. The number of esters is 2. The van der Waals surface area contributed by atoms with E-state index in [1.807, 2.05) is 13.8 Å². The van der Waals surface area contributed by atoms with Crippen LogP contribution in [0.25, 0.3) is 6.08 Å². The number of fused-ring (bicyclic) bond motifs is 1. The van der Waals surface area contributed by atoms with Crippen molar-refractivity contribution in [2.45, 2.75) is 60.0 Å². The minimum absolute atomic E-state index is 0.139. The van der Waals surface area contributed by atoms with Crippen molar-refractivity contribution < 1.29 is 38.0 Å². The highest BCUT2D eigenvalue weighted by atomic mass is 16.6. The van der Waals surface area contributed by atoms with Crippen molar-refractivity contribution in [2.75, 3.05) is 33.5 Å². The Morgan fingerprint density at radius 3 is 2.27 bits per heavy atom. The van der Waals surface area contributed by atoms with Crippen molar-refractivity contribution in [3.63, 3.8) is 0 Å². The van der Waals surface area contributed by atoms with Gasteiger partial charge in [0.1, 0.15) is 35.9 Å². The third-order valence-corrected chi connectivity index (χ3v) is 6.93. The molecule has 40 heavy (non-hydrogen) atoms. The van der Waals surface area contributed by atoms with E-state index in [-0.39, 0.29) is 18.8 Å². The fraction of sp³-hybridized carbons (Fsp3) is 0.438. The second-order valence-electron chi connectivity index (χ2n) is 9.86. The third-order valence-electron chi connectivity index (χ3n) is 6.93. The van der Waals surface area contributed by atoms with E-state index in [2.05, 4.69) is 20.4 Å². The molecule has 0 N–H and O–H groups in total. The molecule has 0 saturated carbocycles. The molecule has 3 rings (SSSR count). The van der Waals surface area contributed by atoms with Crippen molar-refractivity contribution >= 4 is 18.0 Å². The summed E-state index contributed by atoms with van der Waals surface area (Å²) in [5.41, 5.74) is 4.16. The molecule has 0 aromatic heterocycles. The molecule has 1 aliphatic rings. The molecule has 0 fully saturated rings. The monoisotopic (exact) mass is 552 g/mol. The van der Waals surface area contributed by atoms with Crippen LogP contribution in [0, 0.1) is 20.8 Å². The Labute approximate surface area is 236 Å². The molecule has 8 heteroatoms. The van der Waals surface area contributed by atoms with Crippen molar-refractivity contribution in [2.24, 2.45) is 0 Å². The summed E-state index contributed by atoms with van der Waals surface area (Å²) in [6, 6.07) is 5.16. The average Bonchev–Trinajstić information content (AvgIpc) is 2.94. The molecule has 8 nitrogen and oxygen atoms in total. The van der Waals surface area contributed by atoms with Gasteiger partial charge in [-0.3, -0.25) is 0 Å². The van der Waals surface area contributed by atoms with E-state index >= 15 is 0 Å². The predicted octanol–water partition coefficient (Wildman–Crippen LogP) is 5.86. The van der Waals surface area contributed by atoms with Gasteiger partial charge in [-0.2, -0.15) is 0 Å². The average molecular weight is 553 g/mol. The summed E-state index contributed by atoms with van der Waals surface area (Å²) in [5.74, 6) is 1.25. The molecule has 1 heterocycles. The Morgan fingerprint density at radius 1 is 1.00 bits per heavy atom. The Kier molecular flexibility index (Phi) is 10.3. The number of carbonyl (C=O) groups is 2. The SMILES string of the molecule is C=CCOc1c(C)c(C)c2c(c1C)CCC(C)(COc1ccc(C=C(C(=O)OCC)C(=O)OCC)cc1OC)O2. The van der Waals surface area contributed by atoms with Crippen LogP contribution in [-0.4, -0.2) is 51.1 Å². The molecule has 216 valence electrons. The number of hydrogen-bond donors (Lipinski definition) is 0. The number of methoxy groups -OCH3 is 1. The van der Waals surface area contributed by atoms with E-state index in [1.165, 1.54) is 13.2 Å². The lowest BCUT2D eigenvalue weighted by Gasteiger charge is -2.38. The molecular weight excluding hydrogens is 512 g/mol. The normalized spacial score (nSPS) is 15.7. The van der Waals surface area contributed by atoms with Gasteiger partial charge in [0.25, 0.3) is 0 Å². The zero-order chi connectivity index (χ0) is 29.4. The minimum atomic E-state index is -0.747. The highest BCUT2D eigenvalue weighted by Gasteiger charge is 2.36. The molecule has 1 unspecified atom stereocenters. The number of benzene rings is 2. The number of hydrogen-bond acceptors (Lipinski definition) is 8. The molecule has 2 aromatic rings. The van der Waals surface area contributed by atoms with Crippen molar-refractivity contribution in [1.82, 2.24) is 0 Å². The van der Waals surface area contributed by atoms with E-state index in [0.29, 0.717) is 30.3 Å². The van der Waals surface area contributed by atoms with Crippen LogP contribution in [0.5, 0.6) is 23.0 Å². The molecule has 0 radical (unpaired) electrons. The largest absolute Gasteiger partial charge is 0.493 e. The van der Waals surface area contributed by atoms with E-state index in [9.17, 15) is 9.59 Å². The Hall–Kier alpha value is -3.94. The van der Waals surface area contributed by atoms with Crippen LogP contribution in [0.1, 0.15) is 55.0 Å². The van der Waals surface area contributed by atoms with Gasteiger partial charge in [-0.25, -0.2) is 9.59 Å². The molecule has 0 bridgehead atoms. The van der Waals surface area contributed by atoms with Gasteiger partial charge in [-0.1, -0.05) is 18.7 Å². The van der Waals surface area contributed by atoms with Crippen LogP contribution in [0.3, 0.4) is 0 Å². The van der Waals surface area contributed by atoms with E-state index in [4.69, 9.17) is 28.4 Å². The van der Waals surface area contributed by atoms with Crippen LogP contribution in [-0.2, 0) is 25.5 Å². The lowest BCUT2D eigenvalue weighted by atomic mass is 9.87. The molecule has 0 saturated heterocycles. The van der Waals surface area contributed by atoms with Gasteiger partial charge in [0.15, 0.2) is 11.5 Å². The number of rotatable bonds is 12. The fourth-order valence-electron chi connectivity index (χ4n) is 4.65. The first kappa shape index (κ1) is 30.6. The van der Waals surface area contributed by atoms with Gasteiger partial charge in [-0.15, -0.1) is 0 Å². The van der Waals surface area contributed by atoms with Crippen LogP contribution in [0.15, 0.2) is 36.4 Å². The summed E-state index contributed by atoms with van der Waals surface area (Å²) >= 11 is 0. The topological polar surface area (TPSA) is 89.5 Å². The van der Waals surface area contributed by atoms with Gasteiger partial charge in [0.2, 0.25) is 0 Å². The van der Waals surface area contributed by atoms with E-state index in [1.54, 1.807) is 38.1 Å². The van der Waals surface area contributed by atoms with Crippen LogP contribution < -0.4 is 18.9 Å². The summed E-state index contributed by atoms with van der Waals surface area (Å²) in [5, 5.41) is 0. The Morgan fingerprint density at radius 2 is 1.68 bits per heavy atom. The summed E-state index contributed by atoms with van der Waals surface area (Å²) in [7, 11) is 1.53. The quantitative estimate of drug-likeness (QED) is 0.106. The lowest BCUT2D eigenvalue weighted by molar-refractivity contribution is -0.146.